The molecule has 0 bridgehead atoms. The Kier molecular flexibility index (Phi) is 7.37. The molecule has 0 saturated heterocycles. The number of fused-ring (bicyclic) bond motifs is 1. The highest BCUT2D eigenvalue weighted by Gasteiger charge is 2.53. The summed E-state index contributed by atoms with van der Waals surface area (Å²) in [6.45, 7) is 15.3. The second-order valence-corrected chi connectivity index (χ2v) is 14.6. The number of rotatable bonds is 8. The van der Waals surface area contributed by atoms with Crippen LogP contribution in [0.4, 0.5) is 0 Å². The van der Waals surface area contributed by atoms with Crippen molar-refractivity contribution in [3.8, 4) is 0 Å². The molecular weight excluding hydrogens is 356 g/mol. The van der Waals surface area contributed by atoms with Crippen LogP contribution in [0.15, 0.2) is 12.2 Å². The van der Waals surface area contributed by atoms with Crippen molar-refractivity contribution in [3.05, 3.63) is 12.2 Å². The third kappa shape index (κ3) is 5.45. The van der Waals surface area contributed by atoms with Crippen LogP contribution in [0.25, 0.3) is 0 Å². The fourth-order valence-electron chi connectivity index (χ4n) is 5.88. The minimum Gasteiger partial charge on any atom is -0.466 e. The molecule has 0 radical (unpaired) electrons. The quantitative estimate of drug-likeness (QED) is 0.359. The molecule has 2 aliphatic carbocycles. The Morgan fingerprint density at radius 1 is 1.30 bits per heavy atom. The SMILES string of the molecule is C=C(C[C@@H](O)C[C@@H](C)[C@H]1CCC2C(O[Si](C)(C)C)CCC[C@]21C)C(=O)OC. The van der Waals surface area contributed by atoms with Gasteiger partial charge in [-0.25, -0.2) is 4.79 Å². The van der Waals surface area contributed by atoms with Crippen LogP contribution in [0.2, 0.25) is 19.6 Å². The largest absolute Gasteiger partial charge is 0.466 e. The minimum absolute atomic E-state index is 0.297. The molecule has 4 nitrogen and oxygen atoms in total. The van der Waals surface area contributed by atoms with Gasteiger partial charge in [0.15, 0.2) is 8.32 Å². The Balaban J connectivity index is 2.00. The second-order valence-electron chi connectivity index (χ2n) is 10.1. The molecule has 5 heteroatoms. The summed E-state index contributed by atoms with van der Waals surface area (Å²) in [5.41, 5.74) is 0.662. The molecule has 2 saturated carbocycles. The number of aliphatic hydroxyl groups excluding tert-OH is 1. The van der Waals surface area contributed by atoms with Crippen LogP contribution < -0.4 is 0 Å². The first-order valence-corrected chi connectivity index (χ1v) is 14.0. The average molecular weight is 397 g/mol. The van der Waals surface area contributed by atoms with E-state index in [0.717, 1.165) is 0 Å². The van der Waals surface area contributed by atoms with Crippen molar-refractivity contribution < 1.29 is 19.1 Å². The standard InChI is InChI=1S/C22H40O4Si/c1-15(13-17(23)14-16(2)21(24)25-4)18-10-11-19-20(26-27(5,6)7)9-8-12-22(18,19)3/h15,17-20,23H,2,8-14H2,1,3-7H3/t15-,17+,18-,19?,20?,22+/m1/s1. The number of methoxy groups -OCH3 is 1. The van der Waals surface area contributed by atoms with Crippen molar-refractivity contribution in [3.63, 3.8) is 0 Å². The van der Waals surface area contributed by atoms with E-state index in [9.17, 15) is 9.90 Å². The maximum absolute atomic E-state index is 11.5. The molecule has 2 aliphatic rings. The molecule has 1 N–H and O–H groups in total. The number of aliphatic hydroxyl groups is 1. The topological polar surface area (TPSA) is 55.8 Å². The summed E-state index contributed by atoms with van der Waals surface area (Å²) in [7, 11) is -0.188. The lowest BCUT2D eigenvalue weighted by Gasteiger charge is -2.48. The van der Waals surface area contributed by atoms with Crippen LogP contribution in [0.5, 0.6) is 0 Å². The van der Waals surface area contributed by atoms with Crippen molar-refractivity contribution in [1.29, 1.82) is 0 Å². The van der Waals surface area contributed by atoms with E-state index in [4.69, 9.17) is 9.16 Å². The number of hydrogen-bond acceptors (Lipinski definition) is 4. The maximum atomic E-state index is 11.5. The molecule has 0 heterocycles. The predicted octanol–water partition coefficient (Wildman–Crippen LogP) is 4.93. The number of esters is 1. The van der Waals surface area contributed by atoms with E-state index in [1.54, 1.807) is 0 Å². The van der Waals surface area contributed by atoms with Gasteiger partial charge in [0.25, 0.3) is 0 Å². The van der Waals surface area contributed by atoms with E-state index in [1.807, 2.05) is 0 Å². The Hall–Kier alpha value is -0.653. The van der Waals surface area contributed by atoms with Gasteiger partial charge in [-0.05, 0) is 74.9 Å². The smallest absolute Gasteiger partial charge is 0.333 e. The molecule has 2 rings (SSSR count). The fraction of sp³-hybridized carbons (Fsp3) is 0.864. The Bertz CT molecular complexity index is 541. The van der Waals surface area contributed by atoms with E-state index in [2.05, 4.69) is 40.1 Å². The van der Waals surface area contributed by atoms with Crippen molar-refractivity contribution in [2.75, 3.05) is 7.11 Å². The van der Waals surface area contributed by atoms with Gasteiger partial charge in [-0.3, -0.25) is 0 Å². The van der Waals surface area contributed by atoms with Crippen LogP contribution in [-0.2, 0) is 14.0 Å². The first-order valence-electron chi connectivity index (χ1n) is 10.6. The van der Waals surface area contributed by atoms with Crippen LogP contribution in [0.3, 0.4) is 0 Å². The molecule has 156 valence electrons. The van der Waals surface area contributed by atoms with Gasteiger partial charge in [0.1, 0.15) is 0 Å². The lowest BCUT2D eigenvalue weighted by Crippen LogP contribution is -2.46. The van der Waals surface area contributed by atoms with Gasteiger partial charge in [0.05, 0.1) is 13.2 Å². The summed E-state index contributed by atoms with van der Waals surface area (Å²) < 4.78 is 11.3. The third-order valence-corrected chi connectivity index (χ3v) is 7.94. The number of ether oxygens (including phenoxy) is 1. The first kappa shape index (κ1) is 22.6. The highest BCUT2D eigenvalue weighted by Crippen LogP contribution is 2.59. The highest BCUT2D eigenvalue weighted by molar-refractivity contribution is 6.69. The first-order chi connectivity index (χ1) is 12.5. The Morgan fingerprint density at radius 2 is 1.96 bits per heavy atom. The van der Waals surface area contributed by atoms with Crippen molar-refractivity contribution in [1.82, 2.24) is 0 Å². The zero-order valence-corrected chi connectivity index (χ0v) is 19.2. The van der Waals surface area contributed by atoms with E-state index in [1.165, 1.54) is 39.2 Å². The Morgan fingerprint density at radius 3 is 2.56 bits per heavy atom. The molecular formula is C22H40O4Si. The molecule has 0 aromatic heterocycles. The third-order valence-electron chi connectivity index (χ3n) is 6.93. The molecule has 2 unspecified atom stereocenters. The lowest BCUT2D eigenvalue weighted by atomic mass is 9.61. The summed E-state index contributed by atoms with van der Waals surface area (Å²) in [6.07, 6.45) is 7.06. The number of carbonyl (C=O) groups excluding carboxylic acids is 1. The van der Waals surface area contributed by atoms with Gasteiger partial charge >= 0.3 is 5.97 Å². The fourth-order valence-corrected chi connectivity index (χ4v) is 7.07. The number of carbonyl (C=O) groups is 1. The monoisotopic (exact) mass is 396 g/mol. The van der Waals surface area contributed by atoms with Crippen LogP contribution in [-0.4, -0.2) is 38.7 Å². The normalized spacial score (nSPS) is 33.2. The zero-order valence-electron chi connectivity index (χ0n) is 18.2. The summed E-state index contributed by atoms with van der Waals surface area (Å²) in [6, 6.07) is 0. The van der Waals surface area contributed by atoms with E-state index in [-0.39, 0.29) is 0 Å². The van der Waals surface area contributed by atoms with Crippen molar-refractivity contribution in [2.24, 2.45) is 23.2 Å². The summed E-state index contributed by atoms with van der Waals surface area (Å²) in [4.78, 5) is 11.5. The van der Waals surface area contributed by atoms with Crippen LogP contribution in [0.1, 0.15) is 58.8 Å². The van der Waals surface area contributed by atoms with Crippen LogP contribution in [0, 0.1) is 23.2 Å². The van der Waals surface area contributed by atoms with E-state index in [0.29, 0.717) is 47.7 Å². The molecule has 0 aromatic carbocycles. The molecule has 0 spiro atoms. The minimum atomic E-state index is -1.54. The highest BCUT2D eigenvalue weighted by atomic mass is 28.4. The van der Waals surface area contributed by atoms with Gasteiger partial charge in [-0.15, -0.1) is 0 Å². The van der Waals surface area contributed by atoms with Gasteiger partial charge in [0, 0.05) is 18.1 Å². The molecule has 27 heavy (non-hydrogen) atoms. The molecule has 6 atom stereocenters. The molecule has 0 aliphatic heterocycles. The van der Waals surface area contributed by atoms with E-state index >= 15 is 0 Å². The predicted molar refractivity (Wildman–Crippen MR) is 112 cm³/mol. The molecule has 2 fully saturated rings. The molecule has 0 amide bonds. The molecule has 0 aromatic rings. The second kappa shape index (κ2) is 8.79. The zero-order chi connectivity index (χ0) is 20.4. The Labute approximate surface area is 166 Å². The van der Waals surface area contributed by atoms with Gasteiger partial charge in [-0.1, -0.05) is 26.8 Å². The summed E-state index contributed by atoms with van der Waals surface area (Å²) in [5, 5.41) is 10.5. The average Bonchev–Trinajstić information content (AvgIpc) is 2.90. The summed E-state index contributed by atoms with van der Waals surface area (Å²) in [5.74, 6) is 1.25. The van der Waals surface area contributed by atoms with E-state index < -0.39 is 20.4 Å². The van der Waals surface area contributed by atoms with Gasteiger partial charge in [-0.2, -0.15) is 0 Å². The maximum Gasteiger partial charge on any atom is 0.333 e. The van der Waals surface area contributed by atoms with Crippen molar-refractivity contribution >= 4 is 14.3 Å². The van der Waals surface area contributed by atoms with Gasteiger partial charge in [0.2, 0.25) is 0 Å². The van der Waals surface area contributed by atoms with Gasteiger partial charge < -0.3 is 14.3 Å². The lowest BCUT2D eigenvalue weighted by molar-refractivity contribution is -0.136. The number of hydrogen-bond donors (Lipinski definition) is 1. The summed E-state index contributed by atoms with van der Waals surface area (Å²) >= 11 is 0. The van der Waals surface area contributed by atoms with Crippen LogP contribution >= 0.6 is 0 Å². The van der Waals surface area contributed by atoms with Crippen molar-refractivity contribution in [2.45, 2.75) is 90.6 Å².